The van der Waals surface area contributed by atoms with Crippen LogP contribution in [0.4, 0.5) is 0 Å². The fraction of sp³-hybridized carbons (Fsp3) is 0.167. The fourth-order valence-corrected chi connectivity index (χ4v) is 3.45. The van der Waals surface area contributed by atoms with Crippen LogP contribution in [0.2, 0.25) is 0 Å². The zero-order valence-corrected chi connectivity index (χ0v) is 8.51. The largest absolute Gasteiger partial charge is 0.259 e. The molecule has 1 aliphatic heterocycles. The fourth-order valence-electron chi connectivity index (χ4n) is 2.07. The summed E-state index contributed by atoms with van der Waals surface area (Å²) in [6, 6.07) is 12.6. The molecule has 2 heteroatoms. The van der Waals surface area contributed by atoms with E-state index in [2.05, 4.69) is 24.3 Å². The van der Waals surface area contributed by atoms with Crippen LogP contribution in [0.5, 0.6) is 0 Å². The van der Waals surface area contributed by atoms with Gasteiger partial charge in [0.15, 0.2) is 0 Å². The third-order valence-corrected chi connectivity index (χ3v) is 4.00. The maximum Gasteiger partial charge on any atom is 0.0498 e. The Kier molecular flexibility index (Phi) is 1.71. The molecule has 1 unspecified atom stereocenters. The Morgan fingerprint density at radius 2 is 1.86 bits per heavy atom. The van der Waals surface area contributed by atoms with Crippen molar-refractivity contribution in [3.8, 4) is 0 Å². The highest BCUT2D eigenvalue weighted by atomic mass is 32.2. The summed E-state index contributed by atoms with van der Waals surface area (Å²) < 4.78 is 11.5. The standard InChI is InChI=1S/C12H10OS/c13-14-7-10-6-5-9-3-1-2-4-11(9)12(10)8-14/h1-6H,7-8H2. The number of hydrogen-bond acceptors (Lipinski definition) is 1. The summed E-state index contributed by atoms with van der Waals surface area (Å²) >= 11 is 0. The second-order valence-corrected chi connectivity index (χ2v) is 5.11. The zero-order chi connectivity index (χ0) is 9.54. The number of benzene rings is 2. The van der Waals surface area contributed by atoms with Gasteiger partial charge in [-0.2, -0.15) is 0 Å². The van der Waals surface area contributed by atoms with Crippen molar-refractivity contribution in [2.75, 3.05) is 0 Å². The van der Waals surface area contributed by atoms with Crippen molar-refractivity contribution in [2.45, 2.75) is 11.5 Å². The van der Waals surface area contributed by atoms with Crippen LogP contribution >= 0.6 is 0 Å². The SMILES string of the molecule is O=S1Cc2ccc3ccccc3c2C1. The molecule has 70 valence electrons. The molecule has 1 nitrogen and oxygen atoms in total. The van der Waals surface area contributed by atoms with Gasteiger partial charge in [0, 0.05) is 22.3 Å². The molecule has 0 spiro atoms. The molecular weight excluding hydrogens is 192 g/mol. The first kappa shape index (κ1) is 8.18. The first-order chi connectivity index (χ1) is 6.84. The van der Waals surface area contributed by atoms with Gasteiger partial charge in [-0.05, 0) is 21.9 Å². The highest BCUT2D eigenvalue weighted by Gasteiger charge is 2.18. The Labute approximate surface area is 85.2 Å². The highest BCUT2D eigenvalue weighted by Crippen LogP contribution is 2.29. The van der Waals surface area contributed by atoms with Crippen molar-refractivity contribution in [1.29, 1.82) is 0 Å². The lowest BCUT2D eigenvalue weighted by Crippen LogP contribution is -1.84. The smallest absolute Gasteiger partial charge is 0.0498 e. The molecule has 0 bridgehead atoms. The van der Waals surface area contributed by atoms with Crippen LogP contribution < -0.4 is 0 Å². The average Bonchev–Trinajstić information content (AvgIpc) is 2.59. The molecule has 0 amide bonds. The van der Waals surface area contributed by atoms with E-state index in [-0.39, 0.29) is 0 Å². The third-order valence-electron chi connectivity index (χ3n) is 2.76. The van der Waals surface area contributed by atoms with E-state index in [1.807, 2.05) is 12.1 Å². The van der Waals surface area contributed by atoms with Crippen LogP contribution in [0.1, 0.15) is 11.1 Å². The molecule has 0 fully saturated rings. The molecule has 0 radical (unpaired) electrons. The number of rotatable bonds is 0. The monoisotopic (exact) mass is 202 g/mol. The van der Waals surface area contributed by atoms with E-state index >= 15 is 0 Å². The molecule has 0 aromatic heterocycles. The van der Waals surface area contributed by atoms with Crippen molar-refractivity contribution in [3.63, 3.8) is 0 Å². The predicted octanol–water partition coefficient (Wildman–Crippen LogP) is 2.60. The van der Waals surface area contributed by atoms with Gasteiger partial charge < -0.3 is 0 Å². The zero-order valence-electron chi connectivity index (χ0n) is 7.69. The minimum atomic E-state index is -0.675. The van der Waals surface area contributed by atoms with Gasteiger partial charge in [-0.1, -0.05) is 36.4 Å². The van der Waals surface area contributed by atoms with Gasteiger partial charge in [-0.25, -0.2) is 0 Å². The highest BCUT2D eigenvalue weighted by molar-refractivity contribution is 7.83. The van der Waals surface area contributed by atoms with E-state index in [0.717, 1.165) is 11.5 Å². The van der Waals surface area contributed by atoms with Crippen molar-refractivity contribution in [1.82, 2.24) is 0 Å². The molecule has 2 aromatic carbocycles. The summed E-state index contributed by atoms with van der Waals surface area (Å²) in [4.78, 5) is 0. The van der Waals surface area contributed by atoms with Crippen LogP contribution in [-0.4, -0.2) is 4.21 Å². The normalized spacial score (nSPS) is 19.9. The molecular formula is C12H10OS. The average molecular weight is 202 g/mol. The van der Waals surface area contributed by atoms with Crippen LogP contribution in [0.15, 0.2) is 36.4 Å². The lowest BCUT2D eigenvalue weighted by Gasteiger charge is -2.02. The van der Waals surface area contributed by atoms with E-state index in [9.17, 15) is 4.21 Å². The molecule has 0 aliphatic carbocycles. The van der Waals surface area contributed by atoms with Crippen LogP contribution in [0, 0.1) is 0 Å². The van der Waals surface area contributed by atoms with Gasteiger partial charge in [-0.3, -0.25) is 4.21 Å². The molecule has 0 saturated carbocycles. The van der Waals surface area contributed by atoms with Crippen molar-refractivity contribution >= 4 is 21.6 Å². The maximum atomic E-state index is 11.5. The molecule has 0 saturated heterocycles. The topological polar surface area (TPSA) is 17.1 Å². The van der Waals surface area contributed by atoms with Gasteiger partial charge in [0.1, 0.15) is 0 Å². The quantitative estimate of drug-likeness (QED) is 0.641. The van der Waals surface area contributed by atoms with Crippen LogP contribution in [-0.2, 0) is 22.3 Å². The molecule has 2 aromatic rings. The second-order valence-electron chi connectivity index (χ2n) is 3.65. The summed E-state index contributed by atoms with van der Waals surface area (Å²) in [5, 5.41) is 2.53. The van der Waals surface area contributed by atoms with Crippen molar-refractivity contribution < 1.29 is 4.21 Å². The van der Waals surface area contributed by atoms with Crippen LogP contribution in [0.3, 0.4) is 0 Å². The summed E-state index contributed by atoms with van der Waals surface area (Å²) in [5.74, 6) is 1.47. The first-order valence-electron chi connectivity index (χ1n) is 4.69. The Morgan fingerprint density at radius 3 is 2.79 bits per heavy atom. The summed E-state index contributed by atoms with van der Waals surface area (Å²) in [6.45, 7) is 0. The van der Waals surface area contributed by atoms with E-state index in [0.29, 0.717) is 0 Å². The number of fused-ring (bicyclic) bond motifs is 3. The van der Waals surface area contributed by atoms with Gasteiger partial charge >= 0.3 is 0 Å². The predicted molar refractivity (Wildman–Crippen MR) is 59.5 cm³/mol. The Bertz CT molecular complexity index is 531. The summed E-state index contributed by atoms with van der Waals surface area (Å²) in [7, 11) is -0.675. The summed E-state index contributed by atoms with van der Waals surface area (Å²) in [5.41, 5.74) is 2.56. The minimum absolute atomic E-state index is 0.675. The van der Waals surface area contributed by atoms with E-state index in [1.165, 1.54) is 21.9 Å². The molecule has 1 heterocycles. The van der Waals surface area contributed by atoms with Crippen molar-refractivity contribution in [3.05, 3.63) is 47.5 Å². The lowest BCUT2D eigenvalue weighted by molar-refractivity contribution is 0.684. The number of hydrogen-bond donors (Lipinski definition) is 0. The summed E-state index contributed by atoms with van der Waals surface area (Å²) in [6.07, 6.45) is 0. The maximum absolute atomic E-state index is 11.5. The molecule has 0 N–H and O–H groups in total. The molecule has 1 atom stereocenters. The van der Waals surface area contributed by atoms with Gasteiger partial charge in [-0.15, -0.1) is 0 Å². The Morgan fingerprint density at radius 1 is 1.00 bits per heavy atom. The second kappa shape index (κ2) is 2.92. The van der Waals surface area contributed by atoms with Gasteiger partial charge in [0.05, 0.1) is 0 Å². The first-order valence-corrected chi connectivity index (χ1v) is 6.18. The molecule has 3 rings (SSSR count). The van der Waals surface area contributed by atoms with Gasteiger partial charge in [0.25, 0.3) is 0 Å². The Hall–Kier alpha value is -1.15. The van der Waals surface area contributed by atoms with E-state index in [4.69, 9.17) is 0 Å². The van der Waals surface area contributed by atoms with Crippen molar-refractivity contribution in [2.24, 2.45) is 0 Å². The lowest BCUT2D eigenvalue weighted by atomic mass is 10.0. The van der Waals surface area contributed by atoms with Gasteiger partial charge in [0.2, 0.25) is 0 Å². The van der Waals surface area contributed by atoms with E-state index < -0.39 is 10.8 Å². The minimum Gasteiger partial charge on any atom is -0.259 e. The Balaban J connectivity index is 2.39. The molecule has 1 aliphatic rings. The third kappa shape index (κ3) is 1.11. The molecule has 14 heavy (non-hydrogen) atoms. The van der Waals surface area contributed by atoms with E-state index in [1.54, 1.807) is 0 Å². The van der Waals surface area contributed by atoms with Crippen LogP contribution in [0.25, 0.3) is 10.8 Å².